The maximum absolute atomic E-state index is 14.8. The van der Waals surface area contributed by atoms with Crippen LogP contribution in [0.2, 0.25) is 5.02 Å². The second-order valence-electron chi connectivity index (χ2n) is 8.35. The fourth-order valence-electron chi connectivity index (χ4n) is 4.34. The van der Waals surface area contributed by atoms with E-state index in [9.17, 15) is 22.7 Å². The van der Waals surface area contributed by atoms with E-state index < -0.39 is 16.4 Å². The first-order chi connectivity index (χ1) is 16.2. The lowest BCUT2D eigenvalue weighted by molar-refractivity contribution is 0.0941. The van der Waals surface area contributed by atoms with Gasteiger partial charge in [-0.3, -0.25) is 13.9 Å². The molecule has 4 aromatic rings. The van der Waals surface area contributed by atoms with Crippen LogP contribution >= 0.6 is 22.2 Å². The summed E-state index contributed by atoms with van der Waals surface area (Å²) < 4.78 is 49.8. The number of halogens is 3. The summed E-state index contributed by atoms with van der Waals surface area (Å²) >= 11 is 6.34. The van der Waals surface area contributed by atoms with Gasteiger partial charge in [0.25, 0.3) is 5.91 Å². The Balaban J connectivity index is 1.62. The van der Waals surface area contributed by atoms with E-state index in [-0.39, 0.29) is 39.9 Å². The molecule has 1 unspecified atom stereocenters. The molecule has 0 spiro atoms. The standard InChI is InChI=1S/C25H21ClF2N2O3S/c26-21-2-1-3-22(28)24(21)20-13-30(18-7-5-16(27)6-8-18)23-12-15(4-9-19(20)23)25(31)29-17-10-11-34(32,33)14-17/h1-9,12-13,17,32-33H,10-11,14H2,(H,29,31). The van der Waals surface area contributed by atoms with Crippen LogP contribution in [0.25, 0.3) is 27.7 Å². The predicted octanol–water partition coefficient (Wildman–Crippen LogP) is 6.48. The molecule has 0 radical (unpaired) electrons. The summed E-state index contributed by atoms with van der Waals surface area (Å²) in [6.45, 7) is 0. The highest BCUT2D eigenvalue weighted by molar-refractivity contribution is 8.24. The number of amides is 1. The highest BCUT2D eigenvalue weighted by atomic mass is 35.5. The molecule has 9 heteroatoms. The molecule has 1 fully saturated rings. The molecule has 5 nitrogen and oxygen atoms in total. The van der Waals surface area contributed by atoms with Gasteiger partial charge in [0.1, 0.15) is 11.6 Å². The number of hydrogen-bond donors (Lipinski definition) is 3. The van der Waals surface area contributed by atoms with Crippen LogP contribution < -0.4 is 5.32 Å². The van der Waals surface area contributed by atoms with E-state index in [1.54, 1.807) is 47.2 Å². The van der Waals surface area contributed by atoms with E-state index >= 15 is 0 Å². The minimum atomic E-state index is -2.64. The predicted molar refractivity (Wildman–Crippen MR) is 132 cm³/mol. The molecule has 0 bridgehead atoms. The number of nitrogens with zero attached hydrogens (tertiary/aromatic N) is 1. The molecule has 5 rings (SSSR count). The van der Waals surface area contributed by atoms with Gasteiger partial charge in [-0.15, -0.1) is 0 Å². The molecular weight excluding hydrogens is 482 g/mol. The molecule has 3 N–H and O–H groups in total. The number of carbonyl (C=O) groups excluding carboxylic acids is 1. The normalized spacial score (nSPS) is 18.2. The van der Waals surface area contributed by atoms with Gasteiger partial charge in [-0.05, 0) is 55.0 Å². The molecule has 1 aliphatic rings. The third kappa shape index (κ3) is 4.30. The maximum atomic E-state index is 14.8. The molecule has 1 saturated heterocycles. The minimum absolute atomic E-state index is 0.142. The largest absolute Gasteiger partial charge is 0.348 e. The van der Waals surface area contributed by atoms with Gasteiger partial charge in [0.2, 0.25) is 0 Å². The Morgan fingerprint density at radius 3 is 2.53 bits per heavy atom. The van der Waals surface area contributed by atoms with E-state index in [4.69, 9.17) is 11.6 Å². The molecule has 1 atom stereocenters. The van der Waals surface area contributed by atoms with Gasteiger partial charge in [0.05, 0.1) is 16.3 Å². The zero-order valence-corrected chi connectivity index (χ0v) is 19.4. The zero-order chi connectivity index (χ0) is 24.0. The first kappa shape index (κ1) is 22.9. The van der Waals surface area contributed by atoms with E-state index in [0.29, 0.717) is 34.1 Å². The Bertz CT molecular complexity index is 1390. The van der Waals surface area contributed by atoms with Gasteiger partial charge in [-0.25, -0.2) is 8.78 Å². The Hall–Kier alpha value is -2.91. The average Bonchev–Trinajstić information content (AvgIpc) is 3.33. The van der Waals surface area contributed by atoms with Crippen LogP contribution in [0, 0.1) is 11.6 Å². The zero-order valence-electron chi connectivity index (χ0n) is 17.8. The maximum Gasteiger partial charge on any atom is 0.251 e. The van der Waals surface area contributed by atoms with Gasteiger partial charge < -0.3 is 9.88 Å². The Labute approximate surface area is 201 Å². The molecule has 1 aromatic heterocycles. The molecule has 34 heavy (non-hydrogen) atoms. The second kappa shape index (κ2) is 8.70. The van der Waals surface area contributed by atoms with Crippen molar-refractivity contribution in [2.24, 2.45) is 0 Å². The highest BCUT2D eigenvalue weighted by Crippen LogP contribution is 2.45. The van der Waals surface area contributed by atoms with E-state index in [1.165, 1.54) is 24.3 Å². The fraction of sp³-hybridized carbons (Fsp3) is 0.160. The summed E-state index contributed by atoms with van der Waals surface area (Å²) in [5, 5.41) is 3.78. The van der Waals surface area contributed by atoms with Crippen molar-refractivity contribution < 1.29 is 22.7 Å². The quantitative estimate of drug-likeness (QED) is 0.299. The lowest BCUT2D eigenvalue weighted by atomic mass is 10.0. The summed E-state index contributed by atoms with van der Waals surface area (Å²) in [6, 6.07) is 15.0. The summed E-state index contributed by atoms with van der Waals surface area (Å²) in [7, 11) is -2.64. The molecule has 0 aliphatic carbocycles. The van der Waals surface area contributed by atoms with Crippen LogP contribution in [-0.4, -0.2) is 37.1 Å². The smallest absolute Gasteiger partial charge is 0.251 e. The van der Waals surface area contributed by atoms with Crippen molar-refractivity contribution in [2.45, 2.75) is 12.5 Å². The molecule has 0 saturated carbocycles. The number of nitrogens with one attached hydrogen (secondary N) is 1. The molecular formula is C25H21ClF2N2O3S. The molecule has 176 valence electrons. The van der Waals surface area contributed by atoms with Crippen molar-refractivity contribution >= 4 is 39.0 Å². The second-order valence-corrected chi connectivity index (χ2v) is 11.1. The topological polar surface area (TPSA) is 74.5 Å². The van der Waals surface area contributed by atoms with Gasteiger partial charge in [0.15, 0.2) is 0 Å². The number of aromatic nitrogens is 1. The molecule has 2 heterocycles. The van der Waals surface area contributed by atoms with Crippen molar-refractivity contribution in [2.75, 3.05) is 11.5 Å². The van der Waals surface area contributed by atoms with Crippen molar-refractivity contribution in [3.8, 4) is 16.8 Å². The van der Waals surface area contributed by atoms with Crippen LogP contribution in [0.1, 0.15) is 16.8 Å². The summed E-state index contributed by atoms with van der Waals surface area (Å²) in [5.74, 6) is -0.797. The first-order valence-electron chi connectivity index (χ1n) is 10.6. The van der Waals surface area contributed by atoms with Gasteiger partial charge in [-0.2, -0.15) is 10.6 Å². The van der Waals surface area contributed by atoms with Crippen molar-refractivity contribution in [3.05, 3.63) is 89.1 Å². The molecule has 1 amide bonds. The summed E-state index contributed by atoms with van der Waals surface area (Å²) in [5.41, 5.74) is 2.39. The third-order valence-electron chi connectivity index (χ3n) is 6.00. The Morgan fingerprint density at radius 2 is 1.85 bits per heavy atom. The van der Waals surface area contributed by atoms with Crippen LogP contribution in [0.4, 0.5) is 8.78 Å². The number of hydrogen-bond acceptors (Lipinski definition) is 3. The monoisotopic (exact) mass is 502 g/mol. The van der Waals surface area contributed by atoms with Crippen LogP contribution in [0.15, 0.2) is 66.9 Å². The average molecular weight is 503 g/mol. The number of fused-ring (bicyclic) bond motifs is 1. The van der Waals surface area contributed by atoms with Crippen molar-refractivity contribution in [3.63, 3.8) is 0 Å². The lowest BCUT2D eigenvalue weighted by Gasteiger charge is -2.26. The molecule has 1 aliphatic heterocycles. The Kier molecular flexibility index (Phi) is 5.85. The van der Waals surface area contributed by atoms with Gasteiger partial charge in [-0.1, -0.05) is 23.7 Å². The highest BCUT2D eigenvalue weighted by Gasteiger charge is 2.29. The van der Waals surface area contributed by atoms with Gasteiger partial charge in [0, 0.05) is 45.8 Å². The third-order valence-corrected chi connectivity index (χ3v) is 8.14. The lowest BCUT2D eigenvalue weighted by Crippen LogP contribution is -2.35. The first-order valence-corrected chi connectivity index (χ1v) is 12.9. The van der Waals surface area contributed by atoms with E-state index in [0.717, 1.165) is 0 Å². The van der Waals surface area contributed by atoms with Crippen LogP contribution in [0.5, 0.6) is 0 Å². The number of benzene rings is 3. The number of carbonyl (C=O) groups is 1. The van der Waals surface area contributed by atoms with Crippen LogP contribution in [-0.2, 0) is 0 Å². The van der Waals surface area contributed by atoms with E-state index in [2.05, 4.69) is 5.32 Å². The summed E-state index contributed by atoms with van der Waals surface area (Å²) in [4.78, 5) is 12.9. The van der Waals surface area contributed by atoms with Crippen molar-refractivity contribution in [1.82, 2.24) is 9.88 Å². The number of rotatable bonds is 4. The fourth-order valence-corrected chi connectivity index (χ4v) is 6.33. The Morgan fingerprint density at radius 1 is 1.09 bits per heavy atom. The van der Waals surface area contributed by atoms with Gasteiger partial charge >= 0.3 is 0 Å². The van der Waals surface area contributed by atoms with E-state index in [1.807, 2.05) is 0 Å². The summed E-state index contributed by atoms with van der Waals surface area (Å²) in [6.07, 6.45) is 2.22. The minimum Gasteiger partial charge on any atom is -0.348 e. The van der Waals surface area contributed by atoms with Crippen molar-refractivity contribution in [1.29, 1.82) is 0 Å². The SMILES string of the molecule is O=C(NC1CCS(O)(O)C1)c1ccc2c(-c3c(F)cccc3Cl)cn(-c3ccc(F)cc3)c2c1. The molecule has 3 aromatic carbocycles. The van der Waals surface area contributed by atoms with Crippen LogP contribution in [0.3, 0.4) is 0 Å².